The standard InChI is InChI=1S/C24H23ClN2O7S2/c1-4-33-18-9-14(8-17(25)22(18)34-13-21(29)32-2)10-19-23(30)27(24(31)36-19)12-20(28)26-15-6-5-7-16(11-15)35-3/h5-11H,4,12-13H2,1-3H3,(H,26,28)/b19-10-. The van der Waals surface area contributed by atoms with Crippen molar-refractivity contribution in [3.63, 3.8) is 0 Å². The average molecular weight is 551 g/mol. The van der Waals surface area contributed by atoms with Gasteiger partial charge in [0.05, 0.1) is 23.6 Å². The number of ether oxygens (including phenoxy) is 3. The Morgan fingerprint density at radius 3 is 2.67 bits per heavy atom. The van der Waals surface area contributed by atoms with Gasteiger partial charge < -0.3 is 19.5 Å². The Kier molecular flexibility index (Phi) is 9.68. The molecule has 36 heavy (non-hydrogen) atoms. The molecule has 3 rings (SSSR count). The number of anilines is 1. The molecule has 190 valence electrons. The first kappa shape index (κ1) is 27.4. The fraction of sp³-hybridized carbons (Fsp3) is 0.250. The number of nitrogens with one attached hydrogen (secondary N) is 1. The van der Waals surface area contributed by atoms with Crippen LogP contribution in [-0.2, 0) is 19.1 Å². The van der Waals surface area contributed by atoms with Crippen molar-refractivity contribution in [2.24, 2.45) is 0 Å². The summed E-state index contributed by atoms with van der Waals surface area (Å²) in [4.78, 5) is 51.2. The number of nitrogens with zero attached hydrogens (tertiary/aromatic N) is 1. The van der Waals surface area contributed by atoms with Gasteiger partial charge >= 0.3 is 5.97 Å². The van der Waals surface area contributed by atoms with Crippen molar-refractivity contribution < 1.29 is 33.4 Å². The number of carbonyl (C=O) groups excluding carboxylic acids is 4. The Balaban J connectivity index is 1.75. The van der Waals surface area contributed by atoms with Gasteiger partial charge in [0.25, 0.3) is 11.1 Å². The third-order valence-corrected chi connectivity index (χ3v) is 6.63. The van der Waals surface area contributed by atoms with Gasteiger partial charge in [0, 0.05) is 10.6 Å². The van der Waals surface area contributed by atoms with Crippen LogP contribution in [0.2, 0.25) is 5.02 Å². The zero-order valence-corrected chi connectivity index (χ0v) is 22.1. The Bertz CT molecular complexity index is 1220. The number of imide groups is 1. The van der Waals surface area contributed by atoms with Crippen LogP contribution in [0.25, 0.3) is 6.08 Å². The second-order valence-corrected chi connectivity index (χ2v) is 9.46. The number of hydrogen-bond donors (Lipinski definition) is 1. The number of carbonyl (C=O) groups is 4. The molecule has 1 aliphatic heterocycles. The second kappa shape index (κ2) is 12.7. The summed E-state index contributed by atoms with van der Waals surface area (Å²) in [6, 6.07) is 10.3. The lowest BCUT2D eigenvalue weighted by Crippen LogP contribution is -2.36. The fourth-order valence-corrected chi connectivity index (χ4v) is 4.67. The van der Waals surface area contributed by atoms with Gasteiger partial charge in [0.2, 0.25) is 5.91 Å². The van der Waals surface area contributed by atoms with E-state index in [2.05, 4.69) is 10.1 Å². The number of hydrogen-bond acceptors (Lipinski definition) is 9. The zero-order chi connectivity index (χ0) is 26.2. The molecule has 0 atom stereocenters. The maximum Gasteiger partial charge on any atom is 0.343 e. The number of methoxy groups -OCH3 is 1. The molecule has 3 amide bonds. The summed E-state index contributed by atoms with van der Waals surface area (Å²) in [6.07, 6.45) is 3.39. The number of thioether (sulfide) groups is 2. The fourth-order valence-electron chi connectivity index (χ4n) is 3.10. The van der Waals surface area contributed by atoms with Gasteiger partial charge in [-0.2, -0.15) is 0 Å². The first-order valence-corrected chi connectivity index (χ1v) is 13.0. The molecule has 2 aromatic carbocycles. The van der Waals surface area contributed by atoms with Crippen molar-refractivity contribution in [1.29, 1.82) is 0 Å². The third kappa shape index (κ3) is 6.96. The molecular formula is C24H23ClN2O7S2. The summed E-state index contributed by atoms with van der Waals surface area (Å²) < 4.78 is 15.6. The maximum atomic E-state index is 12.9. The van der Waals surface area contributed by atoms with Gasteiger partial charge in [-0.25, -0.2) is 4.79 Å². The van der Waals surface area contributed by atoms with Gasteiger partial charge in [0.15, 0.2) is 18.1 Å². The summed E-state index contributed by atoms with van der Waals surface area (Å²) in [6.45, 7) is 1.27. The number of rotatable bonds is 10. The first-order chi connectivity index (χ1) is 17.2. The van der Waals surface area contributed by atoms with E-state index in [4.69, 9.17) is 21.1 Å². The molecule has 0 saturated carbocycles. The molecular weight excluding hydrogens is 528 g/mol. The average Bonchev–Trinajstić information content (AvgIpc) is 3.10. The van der Waals surface area contributed by atoms with Crippen LogP contribution in [0.3, 0.4) is 0 Å². The van der Waals surface area contributed by atoms with Crippen LogP contribution >= 0.6 is 35.1 Å². The topological polar surface area (TPSA) is 111 Å². The summed E-state index contributed by atoms with van der Waals surface area (Å²) in [5.74, 6) is -1.28. The van der Waals surface area contributed by atoms with Crippen molar-refractivity contribution in [3.8, 4) is 11.5 Å². The summed E-state index contributed by atoms with van der Waals surface area (Å²) in [7, 11) is 1.24. The third-order valence-electron chi connectivity index (χ3n) is 4.72. The minimum Gasteiger partial charge on any atom is -0.490 e. The quantitative estimate of drug-likeness (QED) is 0.256. The highest BCUT2D eigenvalue weighted by molar-refractivity contribution is 8.18. The van der Waals surface area contributed by atoms with Gasteiger partial charge in [0.1, 0.15) is 6.54 Å². The van der Waals surface area contributed by atoms with Crippen molar-refractivity contribution in [2.45, 2.75) is 11.8 Å². The van der Waals surface area contributed by atoms with Crippen LogP contribution in [-0.4, -0.2) is 61.0 Å². The number of benzene rings is 2. The summed E-state index contributed by atoms with van der Waals surface area (Å²) in [5, 5.41) is 2.28. The molecule has 2 aromatic rings. The second-order valence-electron chi connectivity index (χ2n) is 7.18. The van der Waals surface area contributed by atoms with Crippen LogP contribution in [0, 0.1) is 0 Å². The van der Waals surface area contributed by atoms with E-state index in [1.54, 1.807) is 31.2 Å². The van der Waals surface area contributed by atoms with E-state index in [1.807, 2.05) is 12.3 Å². The molecule has 0 bridgehead atoms. The molecule has 1 saturated heterocycles. The van der Waals surface area contributed by atoms with Crippen LogP contribution in [0.15, 0.2) is 46.2 Å². The minimum atomic E-state index is -0.599. The lowest BCUT2D eigenvalue weighted by Gasteiger charge is -2.14. The van der Waals surface area contributed by atoms with Crippen molar-refractivity contribution >= 4 is 69.9 Å². The van der Waals surface area contributed by atoms with E-state index in [0.717, 1.165) is 9.80 Å². The van der Waals surface area contributed by atoms with Crippen molar-refractivity contribution in [2.75, 3.05) is 38.4 Å². The van der Waals surface area contributed by atoms with E-state index >= 15 is 0 Å². The number of halogens is 1. The van der Waals surface area contributed by atoms with E-state index in [9.17, 15) is 19.2 Å². The largest absolute Gasteiger partial charge is 0.490 e. The molecule has 0 aromatic heterocycles. The van der Waals surface area contributed by atoms with E-state index in [-0.39, 0.29) is 28.0 Å². The number of esters is 1. The Morgan fingerprint density at radius 1 is 1.19 bits per heavy atom. The Labute approximate surface area is 221 Å². The lowest BCUT2D eigenvalue weighted by molar-refractivity contribution is -0.143. The van der Waals surface area contributed by atoms with Gasteiger partial charge in [-0.1, -0.05) is 17.7 Å². The van der Waals surface area contributed by atoms with E-state index in [0.29, 0.717) is 29.6 Å². The summed E-state index contributed by atoms with van der Waals surface area (Å²) in [5.41, 5.74) is 1.04. The predicted molar refractivity (Wildman–Crippen MR) is 140 cm³/mol. The van der Waals surface area contributed by atoms with Crippen LogP contribution < -0.4 is 14.8 Å². The highest BCUT2D eigenvalue weighted by Crippen LogP contribution is 2.39. The van der Waals surface area contributed by atoms with Gasteiger partial charge in [-0.05, 0) is 66.9 Å². The Hall–Kier alpha value is -3.15. The molecule has 1 fully saturated rings. The molecule has 0 radical (unpaired) electrons. The predicted octanol–water partition coefficient (Wildman–Crippen LogP) is 4.69. The number of amides is 3. The molecule has 12 heteroatoms. The molecule has 1 N–H and O–H groups in total. The SMILES string of the molecule is CCOc1cc(/C=C2\SC(=O)N(CC(=O)Nc3cccc(SC)c3)C2=O)cc(Cl)c1OCC(=O)OC. The minimum absolute atomic E-state index is 0.124. The summed E-state index contributed by atoms with van der Waals surface area (Å²) >= 11 is 8.58. The molecule has 1 heterocycles. The highest BCUT2D eigenvalue weighted by atomic mass is 35.5. The molecule has 0 spiro atoms. The lowest BCUT2D eigenvalue weighted by atomic mass is 10.1. The Morgan fingerprint density at radius 2 is 1.97 bits per heavy atom. The van der Waals surface area contributed by atoms with Crippen LogP contribution in [0.4, 0.5) is 10.5 Å². The van der Waals surface area contributed by atoms with Crippen LogP contribution in [0.5, 0.6) is 11.5 Å². The molecule has 9 nitrogen and oxygen atoms in total. The van der Waals surface area contributed by atoms with Crippen LogP contribution in [0.1, 0.15) is 12.5 Å². The van der Waals surface area contributed by atoms with E-state index in [1.165, 1.54) is 31.0 Å². The van der Waals surface area contributed by atoms with Gasteiger partial charge in [-0.15, -0.1) is 11.8 Å². The zero-order valence-electron chi connectivity index (χ0n) is 19.7. The first-order valence-electron chi connectivity index (χ1n) is 10.6. The molecule has 1 aliphatic rings. The van der Waals surface area contributed by atoms with Gasteiger partial charge in [-0.3, -0.25) is 19.3 Å². The van der Waals surface area contributed by atoms with E-state index < -0.39 is 29.6 Å². The molecule has 0 aliphatic carbocycles. The maximum absolute atomic E-state index is 12.9. The monoisotopic (exact) mass is 550 g/mol. The smallest absolute Gasteiger partial charge is 0.343 e. The molecule has 0 unspecified atom stereocenters. The normalized spacial score (nSPS) is 14.2. The van der Waals surface area contributed by atoms with Crippen molar-refractivity contribution in [1.82, 2.24) is 4.90 Å². The highest BCUT2D eigenvalue weighted by Gasteiger charge is 2.36. The van der Waals surface area contributed by atoms with Crippen molar-refractivity contribution in [3.05, 3.63) is 51.9 Å².